The highest BCUT2D eigenvalue weighted by Gasteiger charge is 2.13. The van der Waals surface area contributed by atoms with E-state index >= 15 is 0 Å². The Labute approximate surface area is 124 Å². The Kier molecular flexibility index (Phi) is 4.72. The van der Waals surface area contributed by atoms with Crippen molar-refractivity contribution < 1.29 is 4.79 Å². The smallest absolute Gasteiger partial charge is 0.290 e. The topological polar surface area (TPSA) is 88.5 Å². The number of aromatic amines is 1. The van der Waals surface area contributed by atoms with E-state index in [2.05, 4.69) is 25.6 Å². The first kappa shape index (κ1) is 15.2. The van der Waals surface area contributed by atoms with Crippen molar-refractivity contribution in [3.63, 3.8) is 0 Å². The molecule has 0 aliphatic rings. The van der Waals surface area contributed by atoms with Crippen molar-refractivity contribution in [1.29, 1.82) is 0 Å². The number of carbonyl (C=O) groups is 1. The van der Waals surface area contributed by atoms with Gasteiger partial charge < -0.3 is 5.32 Å². The number of H-pyrrole nitrogens is 1. The summed E-state index contributed by atoms with van der Waals surface area (Å²) in [6.45, 7) is 9.35. The zero-order chi connectivity index (χ0) is 15.4. The lowest BCUT2D eigenvalue weighted by Crippen LogP contribution is -2.26. The molecule has 114 valence electrons. The third-order valence-corrected chi connectivity index (χ3v) is 3.19. The lowest BCUT2D eigenvalue weighted by atomic mass is 10.2. The maximum absolute atomic E-state index is 11.9. The molecule has 0 fully saturated rings. The van der Waals surface area contributed by atoms with E-state index in [4.69, 9.17) is 0 Å². The molecule has 7 nitrogen and oxygen atoms in total. The third-order valence-electron chi connectivity index (χ3n) is 3.19. The fourth-order valence-electron chi connectivity index (χ4n) is 2.05. The summed E-state index contributed by atoms with van der Waals surface area (Å²) in [4.78, 5) is 16.1. The largest absolute Gasteiger partial charge is 0.349 e. The zero-order valence-corrected chi connectivity index (χ0v) is 13.0. The van der Waals surface area contributed by atoms with Crippen LogP contribution in [0.3, 0.4) is 0 Å². The summed E-state index contributed by atoms with van der Waals surface area (Å²) in [5.74, 6) is 0.907. The first-order chi connectivity index (χ1) is 9.97. The Morgan fingerprint density at radius 2 is 2.19 bits per heavy atom. The molecule has 21 heavy (non-hydrogen) atoms. The van der Waals surface area contributed by atoms with Crippen molar-refractivity contribution in [2.24, 2.45) is 0 Å². The quantitative estimate of drug-likeness (QED) is 0.790. The van der Waals surface area contributed by atoms with E-state index in [0.29, 0.717) is 6.54 Å². The molecule has 0 atom stereocenters. The summed E-state index contributed by atoms with van der Waals surface area (Å²) in [6, 6.07) is 2.04. The minimum absolute atomic E-state index is 0.199. The van der Waals surface area contributed by atoms with Gasteiger partial charge in [-0.3, -0.25) is 14.6 Å². The van der Waals surface area contributed by atoms with Crippen LogP contribution in [0.1, 0.15) is 54.0 Å². The number of aromatic nitrogens is 5. The SMILES string of the molecule is Cc1cc(C)n(CCCNC(=O)c2n[nH]c(C(C)C)n2)n1. The van der Waals surface area contributed by atoms with Crippen LogP contribution in [-0.4, -0.2) is 37.4 Å². The van der Waals surface area contributed by atoms with Gasteiger partial charge in [-0.05, 0) is 26.3 Å². The molecule has 0 aromatic carbocycles. The van der Waals surface area contributed by atoms with E-state index in [-0.39, 0.29) is 17.6 Å². The Morgan fingerprint density at radius 1 is 1.43 bits per heavy atom. The molecule has 2 rings (SSSR count). The molecule has 0 aliphatic carbocycles. The first-order valence-electron chi connectivity index (χ1n) is 7.19. The number of carbonyl (C=O) groups excluding carboxylic acids is 1. The molecule has 0 spiro atoms. The molecule has 0 saturated heterocycles. The van der Waals surface area contributed by atoms with Gasteiger partial charge in [0.1, 0.15) is 5.82 Å². The van der Waals surface area contributed by atoms with Crippen LogP contribution in [0, 0.1) is 13.8 Å². The molecule has 1 amide bonds. The number of amides is 1. The van der Waals surface area contributed by atoms with E-state index < -0.39 is 0 Å². The zero-order valence-electron chi connectivity index (χ0n) is 13.0. The Morgan fingerprint density at radius 3 is 2.76 bits per heavy atom. The minimum atomic E-state index is -0.244. The summed E-state index contributed by atoms with van der Waals surface area (Å²) in [6.07, 6.45) is 0.815. The van der Waals surface area contributed by atoms with Crippen LogP contribution in [0.25, 0.3) is 0 Å². The molecular weight excluding hydrogens is 268 g/mol. The highest BCUT2D eigenvalue weighted by atomic mass is 16.2. The van der Waals surface area contributed by atoms with Gasteiger partial charge in [0.05, 0.1) is 5.69 Å². The van der Waals surface area contributed by atoms with Gasteiger partial charge in [-0.25, -0.2) is 4.98 Å². The van der Waals surface area contributed by atoms with Crippen molar-refractivity contribution in [3.8, 4) is 0 Å². The monoisotopic (exact) mass is 290 g/mol. The number of hydrogen-bond donors (Lipinski definition) is 2. The van der Waals surface area contributed by atoms with E-state index in [1.54, 1.807) is 0 Å². The number of rotatable bonds is 6. The fourth-order valence-corrected chi connectivity index (χ4v) is 2.05. The van der Waals surface area contributed by atoms with Gasteiger partial charge in [-0.1, -0.05) is 13.8 Å². The lowest BCUT2D eigenvalue weighted by Gasteiger charge is -2.05. The summed E-state index contributed by atoms with van der Waals surface area (Å²) in [7, 11) is 0. The van der Waals surface area contributed by atoms with Crippen LogP contribution in [0.4, 0.5) is 0 Å². The van der Waals surface area contributed by atoms with Crippen molar-refractivity contribution in [2.75, 3.05) is 6.54 Å². The van der Waals surface area contributed by atoms with E-state index in [9.17, 15) is 4.79 Å². The highest BCUT2D eigenvalue weighted by molar-refractivity contribution is 5.90. The Balaban J connectivity index is 1.77. The van der Waals surface area contributed by atoms with E-state index in [1.807, 2.05) is 38.4 Å². The second-order valence-corrected chi connectivity index (χ2v) is 5.46. The van der Waals surface area contributed by atoms with Crippen LogP contribution >= 0.6 is 0 Å². The van der Waals surface area contributed by atoms with Gasteiger partial charge in [0.2, 0.25) is 5.82 Å². The standard InChI is InChI=1S/C14H22N6O/c1-9(2)12-16-13(18-17-12)14(21)15-6-5-7-20-11(4)8-10(3)19-20/h8-9H,5-7H2,1-4H3,(H,15,21)(H,16,17,18). The minimum Gasteiger partial charge on any atom is -0.349 e. The van der Waals surface area contributed by atoms with Crippen molar-refractivity contribution >= 4 is 5.91 Å². The predicted octanol–water partition coefficient (Wildman–Crippen LogP) is 1.56. The molecule has 0 unspecified atom stereocenters. The Bertz CT molecular complexity index is 613. The van der Waals surface area contributed by atoms with Crippen LogP contribution in [0.2, 0.25) is 0 Å². The summed E-state index contributed by atoms with van der Waals surface area (Å²) in [5, 5.41) is 13.9. The molecule has 0 bridgehead atoms. The Hall–Kier alpha value is -2.18. The van der Waals surface area contributed by atoms with Crippen LogP contribution in [0.5, 0.6) is 0 Å². The maximum atomic E-state index is 11.9. The summed E-state index contributed by atoms with van der Waals surface area (Å²) in [5.41, 5.74) is 2.15. The maximum Gasteiger partial charge on any atom is 0.290 e. The van der Waals surface area contributed by atoms with Gasteiger partial charge in [0.25, 0.3) is 5.91 Å². The summed E-state index contributed by atoms with van der Waals surface area (Å²) >= 11 is 0. The molecule has 2 aromatic heterocycles. The average Bonchev–Trinajstić information content (AvgIpc) is 3.02. The predicted molar refractivity (Wildman–Crippen MR) is 79.1 cm³/mol. The van der Waals surface area contributed by atoms with E-state index in [0.717, 1.165) is 30.2 Å². The molecule has 0 saturated carbocycles. The van der Waals surface area contributed by atoms with Crippen molar-refractivity contribution in [3.05, 3.63) is 29.1 Å². The van der Waals surface area contributed by atoms with Gasteiger partial charge in [-0.15, -0.1) is 5.10 Å². The molecule has 7 heteroatoms. The molecule has 2 N–H and O–H groups in total. The fraction of sp³-hybridized carbons (Fsp3) is 0.571. The van der Waals surface area contributed by atoms with Crippen LogP contribution < -0.4 is 5.32 Å². The van der Waals surface area contributed by atoms with Gasteiger partial charge in [0, 0.05) is 24.7 Å². The van der Waals surface area contributed by atoms with Gasteiger partial charge in [0.15, 0.2) is 0 Å². The molecule has 0 radical (unpaired) electrons. The van der Waals surface area contributed by atoms with E-state index in [1.165, 1.54) is 0 Å². The molecule has 2 aromatic rings. The number of aryl methyl sites for hydroxylation is 3. The number of hydrogen-bond acceptors (Lipinski definition) is 4. The van der Waals surface area contributed by atoms with Gasteiger partial charge >= 0.3 is 0 Å². The highest BCUT2D eigenvalue weighted by Crippen LogP contribution is 2.07. The second kappa shape index (κ2) is 6.51. The van der Waals surface area contributed by atoms with Gasteiger partial charge in [-0.2, -0.15) is 5.10 Å². The summed E-state index contributed by atoms with van der Waals surface area (Å²) < 4.78 is 1.95. The first-order valence-corrected chi connectivity index (χ1v) is 7.19. The van der Waals surface area contributed by atoms with Crippen molar-refractivity contribution in [2.45, 2.75) is 46.6 Å². The van der Waals surface area contributed by atoms with Crippen molar-refractivity contribution in [1.82, 2.24) is 30.3 Å². The van der Waals surface area contributed by atoms with Crippen LogP contribution in [0.15, 0.2) is 6.07 Å². The third kappa shape index (κ3) is 3.90. The average molecular weight is 290 g/mol. The molecular formula is C14H22N6O. The normalized spacial score (nSPS) is 11.1. The molecule has 2 heterocycles. The second-order valence-electron chi connectivity index (χ2n) is 5.46. The lowest BCUT2D eigenvalue weighted by molar-refractivity contribution is 0.0942. The van der Waals surface area contributed by atoms with Crippen LogP contribution in [-0.2, 0) is 6.54 Å². The number of nitrogens with zero attached hydrogens (tertiary/aromatic N) is 4. The molecule has 0 aliphatic heterocycles. The number of nitrogens with one attached hydrogen (secondary N) is 2.